The van der Waals surface area contributed by atoms with Crippen molar-refractivity contribution in [3.63, 3.8) is 0 Å². The molecular formula is C19H17N3. The minimum Gasteiger partial charge on any atom is -0.346 e. The van der Waals surface area contributed by atoms with Gasteiger partial charge in [0, 0.05) is 11.8 Å². The normalized spacial score (nSPS) is 13.2. The lowest BCUT2D eigenvalue weighted by Gasteiger charge is -2.18. The summed E-state index contributed by atoms with van der Waals surface area (Å²) < 4.78 is 2.06. The van der Waals surface area contributed by atoms with E-state index in [4.69, 9.17) is 5.10 Å². The molecule has 0 saturated heterocycles. The van der Waals surface area contributed by atoms with Crippen LogP contribution in [0.4, 0.5) is 5.82 Å². The van der Waals surface area contributed by atoms with Crippen molar-refractivity contribution in [2.24, 2.45) is 0 Å². The van der Waals surface area contributed by atoms with Gasteiger partial charge in [-0.3, -0.25) is 0 Å². The SMILES string of the molecule is Cc1nn2c(c1-c1ccccc1)NC=C(c1ccccc1)C2. The Labute approximate surface area is 129 Å². The maximum atomic E-state index is 4.72. The molecule has 0 unspecified atom stereocenters. The van der Waals surface area contributed by atoms with Gasteiger partial charge in [-0.1, -0.05) is 60.7 Å². The van der Waals surface area contributed by atoms with Crippen molar-refractivity contribution in [1.82, 2.24) is 9.78 Å². The highest BCUT2D eigenvalue weighted by atomic mass is 15.3. The maximum Gasteiger partial charge on any atom is 0.136 e. The van der Waals surface area contributed by atoms with Crippen molar-refractivity contribution in [3.05, 3.63) is 78.1 Å². The minimum atomic E-state index is 0.792. The number of benzene rings is 2. The number of rotatable bonds is 2. The van der Waals surface area contributed by atoms with E-state index in [9.17, 15) is 0 Å². The van der Waals surface area contributed by atoms with Crippen molar-refractivity contribution >= 4 is 11.4 Å². The zero-order valence-corrected chi connectivity index (χ0v) is 12.5. The van der Waals surface area contributed by atoms with Crippen LogP contribution in [0.2, 0.25) is 0 Å². The van der Waals surface area contributed by atoms with Crippen molar-refractivity contribution in [2.45, 2.75) is 13.5 Å². The Morgan fingerprint density at radius 1 is 0.909 bits per heavy atom. The van der Waals surface area contributed by atoms with Crippen LogP contribution in [-0.2, 0) is 6.54 Å². The average Bonchev–Trinajstić information content (AvgIpc) is 2.91. The largest absolute Gasteiger partial charge is 0.346 e. The zero-order chi connectivity index (χ0) is 14.9. The molecule has 0 fully saturated rings. The third-order valence-electron chi connectivity index (χ3n) is 4.04. The standard InChI is InChI=1S/C19H17N3/c1-14-18(16-10-6-3-7-11-16)19-20-12-17(13-22(19)21-14)15-8-4-2-5-9-15/h2-12,20H,13H2,1H3. The first-order chi connectivity index (χ1) is 10.8. The molecule has 22 heavy (non-hydrogen) atoms. The van der Waals surface area contributed by atoms with Crippen LogP contribution < -0.4 is 5.32 Å². The van der Waals surface area contributed by atoms with Crippen LogP contribution in [-0.4, -0.2) is 9.78 Å². The molecule has 0 radical (unpaired) electrons. The van der Waals surface area contributed by atoms with Gasteiger partial charge in [0.1, 0.15) is 5.82 Å². The number of nitrogens with one attached hydrogen (secondary N) is 1. The van der Waals surface area contributed by atoms with Gasteiger partial charge in [0.05, 0.1) is 12.2 Å². The molecule has 4 rings (SSSR count). The highest BCUT2D eigenvalue weighted by Gasteiger charge is 2.20. The second-order valence-electron chi connectivity index (χ2n) is 5.51. The fourth-order valence-electron chi connectivity index (χ4n) is 2.98. The number of allylic oxidation sites excluding steroid dienone is 1. The van der Waals surface area contributed by atoms with Gasteiger partial charge in [0.2, 0.25) is 0 Å². The fourth-order valence-corrected chi connectivity index (χ4v) is 2.98. The number of fused-ring (bicyclic) bond motifs is 1. The second kappa shape index (κ2) is 5.19. The molecule has 108 valence electrons. The fraction of sp³-hybridized carbons (Fsp3) is 0.105. The third-order valence-corrected chi connectivity index (χ3v) is 4.04. The molecule has 0 spiro atoms. The Hall–Kier alpha value is -2.81. The van der Waals surface area contributed by atoms with Crippen molar-refractivity contribution in [2.75, 3.05) is 5.32 Å². The van der Waals surface area contributed by atoms with E-state index in [1.165, 1.54) is 22.3 Å². The Kier molecular flexibility index (Phi) is 3.04. The van der Waals surface area contributed by atoms with Crippen LogP contribution >= 0.6 is 0 Å². The molecule has 0 saturated carbocycles. The highest BCUT2D eigenvalue weighted by Crippen LogP contribution is 2.35. The Bertz CT molecular complexity index is 830. The Morgan fingerprint density at radius 2 is 1.55 bits per heavy atom. The predicted molar refractivity (Wildman–Crippen MR) is 90.4 cm³/mol. The number of aryl methyl sites for hydroxylation is 1. The Morgan fingerprint density at radius 3 is 2.23 bits per heavy atom. The van der Waals surface area contributed by atoms with E-state index in [1.807, 2.05) is 12.1 Å². The molecule has 0 atom stereocenters. The van der Waals surface area contributed by atoms with Crippen LogP contribution in [0.25, 0.3) is 16.7 Å². The van der Waals surface area contributed by atoms with Gasteiger partial charge in [-0.05, 0) is 23.6 Å². The van der Waals surface area contributed by atoms with E-state index in [2.05, 4.69) is 71.7 Å². The molecule has 0 amide bonds. The summed E-state index contributed by atoms with van der Waals surface area (Å²) in [6.07, 6.45) is 2.10. The number of hydrogen-bond acceptors (Lipinski definition) is 2. The van der Waals surface area contributed by atoms with Crippen LogP contribution in [0.15, 0.2) is 66.9 Å². The summed E-state index contributed by atoms with van der Waals surface area (Å²) in [6.45, 7) is 2.86. The molecule has 2 heterocycles. The van der Waals surface area contributed by atoms with E-state index in [-0.39, 0.29) is 0 Å². The lowest BCUT2D eigenvalue weighted by Crippen LogP contribution is -2.12. The van der Waals surface area contributed by atoms with Gasteiger partial charge >= 0.3 is 0 Å². The summed E-state index contributed by atoms with van der Waals surface area (Å²) in [7, 11) is 0. The average molecular weight is 287 g/mol. The van der Waals surface area contributed by atoms with Gasteiger partial charge in [-0.2, -0.15) is 5.10 Å². The predicted octanol–water partition coefficient (Wildman–Crippen LogP) is 4.33. The van der Waals surface area contributed by atoms with Gasteiger partial charge in [0.25, 0.3) is 0 Å². The molecule has 0 bridgehead atoms. The summed E-state index contributed by atoms with van der Waals surface area (Å²) in [5.74, 6) is 1.07. The number of aromatic nitrogens is 2. The topological polar surface area (TPSA) is 29.9 Å². The van der Waals surface area contributed by atoms with Crippen LogP contribution in [0, 0.1) is 6.92 Å². The second-order valence-corrected chi connectivity index (χ2v) is 5.51. The maximum absolute atomic E-state index is 4.72. The number of hydrogen-bond donors (Lipinski definition) is 1. The number of anilines is 1. The van der Waals surface area contributed by atoms with E-state index < -0.39 is 0 Å². The number of nitrogens with zero attached hydrogens (tertiary/aromatic N) is 2. The van der Waals surface area contributed by atoms with E-state index in [0.29, 0.717) is 0 Å². The molecule has 2 aromatic carbocycles. The van der Waals surface area contributed by atoms with Gasteiger partial charge in [-0.25, -0.2) is 4.68 Å². The summed E-state index contributed by atoms with van der Waals surface area (Å²) >= 11 is 0. The van der Waals surface area contributed by atoms with E-state index in [1.54, 1.807) is 0 Å². The van der Waals surface area contributed by atoms with Gasteiger partial charge in [0.15, 0.2) is 0 Å². The van der Waals surface area contributed by atoms with Crippen LogP contribution in [0.5, 0.6) is 0 Å². The monoisotopic (exact) mass is 287 g/mol. The summed E-state index contributed by atoms with van der Waals surface area (Å²) in [6, 6.07) is 20.9. The Balaban J connectivity index is 1.74. The molecule has 1 aromatic heterocycles. The first kappa shape index (κ1) is 12.9. The van der Waals surface area contributed by atoms with Crippen LogP contribution in [0.1, 0.15) is 11.3 Å². The first-order valence-electron chi connectivity index (χ1n) is 7.47. The third kappa shape index (κ3) is 2.11. The molecule has 1 aliphatic heterocycles. The molecule has 3 heteroatoms. The van der Waals surface area contributed by atoms with Crippen molar-refractivity contribution < 1.29 is 0 Å². The van der Waals surface area contributed by atoms with Crippen molar-refractivity contribution in [1.29, 1.82) is 0 Å². The summed E-state index contributed by atoms with van der Waals surface area (Å²) in [4.78, 5) is 0. The first-order valence-corrected chi connectivity index (χ1v) is 7.47. The molecule has 1 N–H and O–H groups in total. The molecule has 0 aliphatic carbocycles. The van der Waals surface area contributed by atoms with E-state index >= 15 is 0 Å². The quantitative estimate of drug-likeness (QED) is 0.760. The van der Waals surface area contributed by atoms with Gasteiger partial charge < -0.3 is 5.32 Å². The van der Waals surface area contributed by atoms with Crippen molar-refractivity contribution in [3.8, 4) is 11.1 Å². The highest BCUT2D eigenvalue weighted by molar-refractivity contribution is 5.82. The zero-order valence-electron chi connectivity index (χ0n) is 12.5. The van der Waals surface area contributed by atoms with Crippen LogP contribution in [0.3, 0.4) is 0 Å². The molecular weight excluding hydrogens is 270 g/mol. The molecule has 3 nitrogen and oxygen atoms in total. The molecule has 1 aliphatic rings. The lowest BCUT2D eigenvalue weighted by atomic mass is 10.0. The molecule has 3 aromatic rings. The van der Waals surface area contributed by atoms with E-state index in [0.717, 1.165) is 18.1 Å². The minimum absolute atomic E-state index is 0.792. The summed E-state index contributed by atoms with van der Waals surface area (Å²) in [5, 5.41) is 8.15. The smallest absolute Gasteiger partial charge is 0.136 e. The van der Waals surface area contributed by atoms with Gasteiger partial charge in [-0.15, -0.1) is 0 Å². The summed E-state index contributed by atoms with van der Waals surface area (Å²) in [5.41, 5.74) is 5.91. The lowest BCUT2D eigenvalue weighted by molar-refractivity contribution is 0.704.